The smallest absolute Gasteiger partial charge is 0.254 e. The SMILES string of the molecule is BC(O)(O)n1ccc(-c2cnc(C)nc2OCC(C)[C@H](C)c2ccc(C)cn2)cc1=O. The van der Waals surface area contributed by atoms with Crippen molar-refractivity contribution >= 4 is 7.85 Å². The molecule has 0 fully saturated rings. The van der Waals surface area contributed by atoms with Gasteiger partial charge < -0.3 is 14.9 Å². The lowest BCUT2D eigenvalue weighted by atomic mass is 9.93. The fourth-order valence-corrected chi connectivity index (χ4v) is 3.15. The lowest BCUT2D eigenvalue weighted by molar-refractivity contribution is -0.154. The van der Waals surface area contributed by atoms with Crippen molar-refractivity contribution in [3.8, 4) is 17.0 Å². The Morgan fingerprint density at radius 1 is 1.16 bits per heavy atom. The summed E-state index contributed by atoms with van der Waals surface area (Å²) in [6, 6.07) is 6.97. The Kier molecular flexibility index (Phi) is 6.57. The molecule has 3 aromatic heterocycles. The van der Waals surface area contributed by atoms with E-state index < -0.39 is 11.4 Å². The van der Waals surface area contributed by atoms with Gasteiger partial charge in [0.2, 0.25) is 19.5 Å². The number of aryl methyl sites for hydroxylation is 2. The Morgan fingerprint density at radius 3 is 2.52 bits per heavy atom. The zero-order valence-electron chi connectivity index (χ0n) is 18.4. The quantitative estimate of drug-likeness (QED) is 0.437. The molecule has 2 N–H and O–H groups in total. The molecule has 0 bridgehead atoms. The fourth-order valence-electron chi connectivity index (χ4n) is 3.15. The number of rotatable bonds is 7. The minimum absolute atomic E-state index is 0.163. The topological polar surface area (TPSA) is 110 Å². The summed E-state index contributed by atoms with van der Waals surface area (Å²) >= 11 is 0. The van der Waals surface area contributed by atoms with Gasteiger partial charge in [-0.1, -0.05) is 19.9 Å². The summed E-state index contributed by atoms with van der Waals surface area (Å²) in [4.78, 5) is 25.5. The Morgan fingerprint density at radius 2 is 1.90 bits per heavy atom. The van der Waals surface area contributed by atoms with Gasteiger partial charge in [-0.2, -0.15) is 4.98 Å². The molecule has 0 aliphatic rings. The van der Waals surface area contributed by atoms with Gasteiger partial charge >= 0.3 is 0 Å². The van der Waals surface area contributed by atoms with E-state index in [1.54, 1.807) is 19.2 Å². The lowest BCUT2D eigenvalue weighted by Crippen LogP contribution is -2.40. The molecular formula is C22H27BN4O4. The standard InChI is InChI=1S/C22H27BN4O4/c1-13-5-6-19(25-10-13)15(3)14(2)12-31-21-18(11-24-16(4)26-21)17-7-8-27(20(28)9-17)22(23,29)30/h5-11,14-15,29-30H,12,23H2,1-4H3/t14?,15-/m0/s1. The van der Waals surface area contributed by atoms with E-state index in [0.717, 1.165) is 23.7 Å². The number of aliphatic hydroxyl groups is 2. The van der Waals surface area contributed by atoms with E-state index in [0.29, 0.717) is 29.4 Å². The number of nitrogens with zero attached hydrogens (tertiary/aromatic N) is 4. The zero-order valence-corrected chi connectivity index (χ0v) is 18.4. The van der Waals surface area contributed by atoms with Crippen LogP contribution in [-0.4, -0.2) is 44.2 Å². The summed E-state index contributed by atoms with van der Waals surface area (Å²) in [5.74, 6) is -1.02. The van der Waals surface area contributed by atoms with Gasteiger partial charge in [0, 0.05) is 36.3 Å². The zero-order chi connectivity index (χ0) is 22.8. The summed E-state index contributed by atoms with van der Waals surface area (Å²) < 4.78 is 6.88. The number of aromatic nitrogens is 4. The van der Waals surface area contributed by atoms with E-state index in [1.807, 2.05) is 25.3 Å². The molecule has 0 radical (unpaired) electrons. The van der Waals surface area contributed by atoms with Crippen molar-refractivity contribution in [3.63, 3.8) is 0 Å². The van der Waals surface area contributed by atoms with Crippen molar-refractivity contribution in [2.75, 3.05) is 6.61 Å². The molecule has 3 heterocycles. The fraction of sp³-hybridized carbons (Fsp3) is 0.364. The van der Waals surface area contributed by atoms with E-state index >= 15 is 0 Å². The molecule has 0 saturated carbocycles. The molecule has 0 aliphatic heterocycles. The van der Waals surface area contributed by atoms with Gasteiger partial charge in [-0.25, -0.2) is 4.98 Å². The Balaban J connectivity index is 1.83. The normalized spacial score (nSPS) is 13.6. The van der Waals surface area contributed by atoms with Crippen molar-refractivity contribution in [2.24, 2.45) is 5.92 Å². The van der Waals surface area contributed by atoms with Crippen molar-refractivity contribution in [3.05, 3.63) is 70.3 Å². The predicted octanol–water partition coefficient (Wildman–Crippen LogP) is 1.32. The maximum atomic E-state index is 12.3. The molecule has 9 heteroatoms. The highest BCUT2D eigenvalue weighted by atomic mass is 16.5. The third kappa shape index (κ3) is 5.37. The minimum Gasteiger partial charge on any atom is -0.477 e. The van der Waals surface area contributed by atoms with Gasteiger partial charge in [-0.05, 0) is 43.0 Å². The highest BCUT2D eigenvalue weighted by Gasteiger charge is 2.21. The van der Waals surface area contributed by atoms with Crippen LogP contribution >= 0.6 is 0 Å². The number of ether oxygens (including phenoxy) is 1. The van der Waals surface area contributed by atoms with E-state index in [2.05, 4.69) is 28.8 Å². The number of hydrogen-bond donors (Lipinski definition) is 2. The monoisotopic (exact) mass is 422 g/mol. The summed E-state index contributed by atoms with van der Waals surface area (Å²) in [6.45, 7) is 8.37. The largest absolute Gasteiger partial charge is 0.477 e. The molecule has 3 aromatic rings. The van der Waals surface area contributed by atoms with Crippen LogP contribution in [0.1, 0.15) is 36.8 Å². The maximum absolute atomic E-state index is 12.3. The van der Waals surface area contributed by atoms with Crippen LogP contribution in [-0.2, 0) is 5.81 Å². The summed E-state index contributed by atoms with van der Waals surface area (Å²) in [7, 11) is 1.11. The summed E-state index contributed by atoms with van der Waals surface area (Å²) in [6.07, 6.45) is 4.77. The number of hydrogen-bond acceptors (Lipinski definition) is 7. The van der Waals surface area contributed by atoms with Crippen molar-refractivity contribution in [1.29, 1.82) is 0 Å². The first-order valence-electron chi connectivity index (χ1n) is 10.1. The highest BCUT2D eigenvalue weighted by Crippen LogP contribution is 2.29. The minimum atomic E-state index is -2.28. The average molecular weight is 422 g/mol. The summed E-state index contributed by atoms with van der Waals surface area (Å²) in [5, 5.41) is 19.4. The Labute approximate surface area is 182 Å². The van der Waals surface area contributed by atoms with Gasteiger partial charge in [0.1, 0.15) is 5.82 Å². The van der Waals surface area contributed by atoms with Crippen LogP contribution in [0.5, 0.6) is 5.88 Å². The van der Waals surface area contributed by atoms with Gasteiger partial charge in [-0.3, -0.25) is 14.3 Å². The first kappa shape index (κ1) is 22.6. The second-order valence-corrected chi connectivity index (χ2v) is 8.07. The highest BCUT2D eigenvalue weighted by molar-refractivity contribution is 6.11. The first-order chi connectivity index (χ1) is 14.6. The van der Waals surface area contributed by atoms with Gasteiger partial charge in [0.25, 0.3) is 5.56 Å². The molecule has 0 amide bonds. The van der Waals surface area contributed by atoms with Crippen molar-refractivity contribution < 1.29 is 14.9 Å². The van der Waals surface area contributed by atoms with Crippen LogP contribution in [0, 0.1) is 19.8 Å². The molecule has 8 nitrogen and oxygen atoms in total. The van der Waals surface area contributed by atoms with E-state index in [4.69, 9.17) is 4.74 Å². The lowest BCUT2D eigenvalue weighted by Gasteiger charge is -2.21. The van der Waals surface area contributed by atoms with E-state index in [1.165, 1.54) is 12.3 Å². The van der Waals surface area contributed by atoms with Crippen LogP contribution in [0.3, 0.4) is 0 Å². The van der Waals surface area contributed by atoms with E-state index in [-0.39, 0.29) is 11.8 Å². The molecule has 0 saturated heterocycles. The average Bonchev–Trinajstić information content (AvgIpc) is 2.71. The molecule has 0 aromatic carbocycles. The van der Waals surface area contributed by atoms with Crippen LogP contribution in [0.2, 0.25) is 0 Å². The van der Waals surface area contributed by atoms with Crippen LogP contribution in [0.4, 0.5) is 0 Å². The molecule has 1 unspecified atom stereocenters. The first-order valence-corrected chi connectivity index (χ1v) is 10.1. The molecule has 2 atom stereocenters. The molecule has 3 rings (SSSR count). The van der Waals surface area contributed by atoms with Crippen LogP contribution in [0.15, 0.2) is 47.7 Å². The summed E-state index contributed by atoms with van der Waals surface area (Å²) in [5.41, 5.74) is 2.64. The maximum Gasteiger partial charge on any atom is 0.254 e. The van der Waals surface area contributed by atoms with Crippen molar-refractivity contribution in [2.45, 2.75) is 39.4 Å². The number of pyridine rings is 2. The molecular weight excluding hydrogens is 395 g/mol. The predicted molar refractivity (Wildman–Crippen MR) is 119 cm³/mol. The Bertz CT molecular complexity index is 1110. The van der Waals surface area contributed by atoms with Gasteiger partial charge in [0.05, 0.1) is 12.2 Å². The Hall–Kier alpha value is -3.04. The molecule has 0 spiro atoms. The van der Waals surface area contributed by atoms with Gasteiger partial charge in [0.15, 0.2) is 0 Å². The second-order valence-electron chi connectivity index (χ2n) is 8.07. The second kappa shape index (κ2) is 8.99. The molecule has 31 heavy (non-hydrogen) atoms. The van der Waals surface area contributed by atoms with E-state index in [9.17, 15) is 15.0 Å². The van der Waals surface area contributed by atoms with Crippen LogP contribution in [0.25, 0.3) is 11.1 Å². The molecule has 0 aliphatic carbocycles. The van der Waals surface area contributed by atoms with Gasteiger partial charge in [-0.15, -0.1) is 0 Å². The third-order valence-electron chi connectivity index (χ3n) is 5.30. The van der Waals surface area contributed by atoms with Crippen molar-refractivity contribution in [1.82, 2.24) is 19.5 Å². The molecule has 162 valence electrons. The third-order valence-corrected chi connectivity index (χ3v) is 5.30. The van der Waals surface area contributed by atoms with Crippen LogP contribution < -0.4 is 10.3 Å².